The zero-order valence-electron chi connectivity index (χ0n) is 10.7. The first-order chi connectivity index (χ1) is 7.76. The molecular formula is C13H24N2S. The average molecular weight is 240 g/mol. The van der Waals surface area contributed by atoms with E-state index in [9.17, 15) is 0 Å². The highest BCUT2D eigenvalue weighted by Crippen LogP contribution is 2.12. The quantitative estimate of drug-likeness (QED) is 0.751. The summed E-state index contributed by atoms with van der Waals surface area (Å²) >= 11 is 1.85. The first-order valence-electron chi connectivity index (χ1n) is 6.24. The Morgan fingerprint density at radius 2 is 2.25 bits per heavy atom. The van der Waals surface area contributed by atoms with E-state index in [4.69, 9.17) is 0 Å². The highest BCUT2D eigenvalue weighted by molar-refractivity contribution is 7.09. The lowest BCUT2D eigenvalue weighted by molar-refractivity contribution is 0.266. The van der Waals surface area contributed by atoms with Crippen LogP contribution in [0.1, 0.15) is 32.1 Å². The molecule has 1 atom stereocenters. The Morgan fingerprint density at radius 3 is 2.81 bits per heavy atom. The smallest absolute Gasteiger partial charge is 0.0327 e. The Morgan fingerprint density at radius 1 is 1.44 bits per heavy atom. The van der Waals surface area contributed by atoms with Gasteiger partial charge < -0.3 is 5.32 Å². The maximum Gasteiger partial charge on any atom is 0.0327 e. The fraction of sp³-hybridized carbons (Fsp3) is 0.692. The second-order valence-corrected chi connectivity index (χ2v) is 5.23. The van der Waals surface area contributed by atoms with Gasteiger partial charge in [-0.25, -0.2) is 0 Å². The molecule has 0 radical (unpaired) electrons. The van der Waals surface area contributed by atoms with Gasteiger partial charge in [-0.1, -0.05) is 19.9 Å². The molecule has 0 aromatic carbocycles. The monoisotopic (exact) mass is 240 g/mol. The second-order valence-electron chi connectivity index (χ2n) is 4.20. The van der Waals surface area contributed by atoms with Gasteiger partial charge in [0, 0.05) is 17.5 Å². The molecule has 0 saturated carbocycles. The first kappa shape index (κ1) is 13.7. The van der Waals surface area contributed by atoms with Crippen molar-refractivity contribution >= 4 is 11.3 Å². The fourth-order valence-corrected chi connectivity index (χ4v) is 2.54. The number of nitrogens with zero attached hydrogens (tertiary/aromatic N) is 1. The van der Waals surface area contributed by atoms with E-state index < -0.39 is 0 Å². The van der Waals surface area contributed by atoms with Gasteiger partial charge in [-0.3, -0.25) is 4.90 Å². The summed E-state index contributed by atoms with van der Waals surface area (Å²) in [6, 6.07) is 4.98. The predicted molar refractivity (Wildman–Crippen MR) is 73.0 cm³/mol. The van der Waals surface area contributed by atoms with Crippen molar-refractivity contribution in [1.29, 1.82) is 0 Å². The van der Waals surface area contributed by atoms with Gasteiger partial charge in [-0.2, -0.15) is 0 Å². The van der Waals surface area contributed by atoms with E-state index in [1.807, 2.05) is 11.3 Å². The highest BCUT2D eigenvalue weighted by atomic mass is 32.1. The zero-order valence-corrected chi connectivity index (χ0v) is 11.5. The van der Waals surface area contributed by atoms with Crippen molar-refractivity contribution in [2.45, 2.75) is 39.8 Å². The Kier molecular flexibility index (Phi) is 6.69. The van der Waals surface area contributed by atoms with Crippen molar-refractivity contribution in [2.24, 2.45) is 0 Å². The van der Waals surface area contributed by atoms with Crippen molar-refractivity contribution in [1.82, 2.24) is 10.2 Å². The summed E-state index contributed by atoms with van der Waals surface area (Å²) in [5.74, 6) is 0. The molecule has 1 aromatic rings. The number of hydrogen-bond acceptors (Lipinski definition) is 3. The van der Waals surface area contributed by atoms with Gasteiger partial charge in [-0.15, -0.1) is 11.3 Å². The van der Waals surface area contributed by atoms with Crippen molar-refractivity contribution in [3.63, 3.8) is 0 Å². The van der Waals surface area contributed by atoms with Crippen LogP contribution in [-0.2, 0) is 6.54 Å². The van der Waals surface area contributed by atoms with E-state index in [1.165, 1.54) is 17.8 Å². The number of nitrogens with one attached hydrogen (secondary N) is 1. The van der Waals surface area contributed by atoms with Gasteiger partial charge in [0.1, 0.15) is 0 Å². The minimum atomic E-state index is 0.627. The molecule has 1 N–H and O–H groups in total. The van der Waals surface area contributed by atoms with Crippen LogP contribution in [-0.4, -0.2) is 30.6 Å². The molecule has 0 aliphatic carbocycles. The van der Waals surface area contributed by atoms with Crippen LogP contribution in [0.15, 0.2) is 17.5 Å². The van der Waals surface area contributed by atoms with Crippen LogP contribution in [0.5, 0.6) is 0 Å². The molecule has 0 amide bonds. The molecule has 0 bridgehead atoms. The molecule has 1 rings (SSSR count). The molecule has 2 nitrogen and oxygen atoms in total. The van der Waals surface area contributed by atoms with E-state index in [0.717, 1.165) is 19.6 Å². The Labute approximate surface area is 104 Å². The van der Waals surface area contributed by atoms with Crippen LogP contribution >= 0.6 is 11.3 Å². The lowest BCUT2D eigenvalue weighted by Crippen LogP contribution is -2.32. The van der Waals surface area contributed by atoms with Gasteiger partial charge >= 0.3 is 0 Å². The maximum atomic E-state index is 3.46. The summed E-state index contributed by atoms with van der Waals surface area (Å²) in [5, 5.41) is 5.62. The summed E-state index contributed by atoms with van der Waals surface area (Å²) in [6.45, 7) is 11.2. The van der Waals surface area contributed by atoms with Gasteiger partial charge in [0.05, 0.1) is 0 Å². The molecule has 1 heterocycles. The van der Waals surface area contributed by atoms with E-state index in [2.05, 4.69) is 48.5 Å². The molecule has 0 aliphatic heterocycles. The van der Waals surface area contributed by atoms with Crippen LogP contribution in [0.2, 0.25) is 0 Å². The largest absolute Gasteiger partial charge is 0.314 e. The molecule has 0 aliphatic rings. The fourth-order valence-electron chi connectivity index (χ4n) is 1.80. The Balaban J connectivity index is 2.26. The predicted octanol–water partition coefficient (Wildman–Crippen LogP) is 2.96. The van der Waals surface area contributed by atoms with Gasteiger partial charge in [0.25, 0.3) is 0 Å². The molecule has 0 spiro atoms. The molecule has 1 aromatic heterocycles. The van der Waals surface area contributed by atoms with Crippen LogP contribution in [0.25, 0.3) is 0 Å². The highest BCUT2D eigenvalue weighted by Gasteiger charge is 2.06. The third-order valence-electron chi connectivity index (χ3n) is 2.84. The number of thiophene rings is 1. The molecule has 0 fully saturated rings. The second kappa shape index (κ2) is 7.82. The molecule has 3 heteroatoms. The van der Waals surface area contributed by atoms with E-state index >= 15 is 0 Å². The van der Waals surface area contributed by atoms with Crippen molar-refractivity contribution < 1.29 is 0 Å². The van der Waals surface area contributed by atoms with Crippen LogP contribution in [0, 0.1) is 0 Å². The minimum Gasteiger partial charge on any atom is -0.314 e. The van der Waals surface area contributed by atoms with Crippen LogP contribution in [0.4, 0.5) is 0 Å². The van der Waals surface area contributed by atoms with Crippen molar-refractivity contribution in [2.75, 3.05) is 19.6 Å². The van der Waals surface area contributed by atoms with E-state index in [-0.39, 0.29) is 0 Å². The third-order valence-corrected chi connectivity index (χ3v) is 3.70. The SMILES string of the molecule is CCNC(C)CCN(CC)Cc1cccs1. The number of hydrogen-bond donors (Lipinski definition) is 1. The lowest BCUT2D eigenvalue weighted by atomic mass is 10.2. The third kappa shape index (κ3) is 5.10. The summed E-state index contributed by atoms with van der Waals surface area (Å²) < 4.78 is 0. The maximum absolute atomic E-state index is 3.46. The topological polar surface area (TPSA) is 15.3 Å². The molecule has 92 valence electrons. The summed E-state index contributed by atoms with van der Waals surface area (Å²) in [7, 11) is 0. The standard InChI is InChI=1S/C13H24N2S/c1-4-14-12(3)8-9-15(5-2)11-13-7-6-10-16-13/h6-7,10,12,14H,4-5,8-9,11H2,1-3H3. The zero-order chi connectivity index (χ0) is 11.8. The van der Waals surface area contributed by atoms with Gasteiger partial charge in [0.2, 0.25) is 0 Å². The number of rotatable bonds is 8. The minimum absolute atomic E-state index is 0.627. The van der Waals surface area contributed by atoms with E-state index in [1.54, 1.807) is 0 Å². The Hall–Kier alpha value is -0.380. The van der Waals surface area contributed by atoms with Gasteiger partial charge in [-0.05, 0) is 44.4 Å². The van der Waals surface area contributed by atoms with Crippen LogP contribution < -0.4 is 5.32 Å². The summed E-state index contributed by atoms with van der Waals surface area (Å²) in [4.78, 5) is 3.98. The first-order valence-corrected chi connectivity index (χ1v) is 7.12. The van der Waals surface area contributed by atoms with Crippen molar-refractivity contribution in [3.8, 4) is 0 Å². The molecule has 16 heavy (non-hydrogen) atoms. The van der Waals surface area contributed by atoms with E-state index in [0.29, 0.717) is 6.04 Å². The van der Waals surface area contributed by atoms with Crippen molar-refractivity contribution in [3.05, 3.63) is 22.4 Å². The molecular weight excluding hydrogens is 216 g/mol. The van der Waals surface area contributed by atoms with Crippen LogP contribution in [0.3, 0.4) is 0 Å². The summed E-state index contributed by atoms with van der Waals surface area (Å²) in [6.07, 6.45) is 1.23. The van der Waals surface area contributed by atoms with Gasteiger partial charge in [0.15, 0.2) is 0 Å². The molecule has 0 saturated heterocycles. The lowest BCUT2D eigenvalue weighted by Gasteiger charge is -2.22. The summed E-state index contributed by atoms with van der Waals surface area (Å²) in [5.41, 5.74) is 0. The average Bonchev–Trinajstić information content (AvgIpc) is 2.77. The normalized spacial score (nSPS) is 13.2. The Bertz CT molecular complexity index is 259. The molecule has 1 unspecified atom stereocenters.